The molecule has 0 bridgehead atoms. The van der Waals surface area contributed by atoms with Gasteiger partial charge in [0.05, 0.1) is 11.0 Å². The molecule has 2 aromatic carbocycles. The summed E-state index contributed by atoms with van der Waals surface area (Å²) < 4.78 is 28.6. The van der Waals surface area contributed by atoms with Gasteiger partial charge in [0.15, 0.2) is 0 Å². The number of hydrogen-bond acceptors (Lipinski definition) is 2. The highest BCUT2D eigenvalue weighted by atomic mass is 19.1. The molecule has 3 rings (SSSR count). The Morgan fingerprint density at radius 2 is 1.71 bits per heavy atom. The van der Waals surface area contributed by atoms with Crippen molar-refractivity contribution in [2.45, 2.75) is 19.9 Å². The van der Waals surface area contributed by atoms with E-state index in [1.54, 1.807) is 12.1 Å². The van der Waals surface area contributed by atoms with Crippen molar-refractivity contribution in [3.8, 4) is 11.4 Å². The summed E-state index contributed by atoms with van der Waals surface area (Å²) in [7, 11) is 0. The number of aromatic nitrogens is 2. The summed E-state index contributed by atoms with van der Waals surface area (Å²) in [6.45, 7) is 4.02. The second-order valence-corrected chi connectivity index (χ2v) is 5.26. The molecule has 0 unspecified atom stereocenters. The zero-order chi connectivity index (χ0) is 15.1. The third-order valence-corrected chi connectivity index (χ3v) is 3.42. The first-order valence-corrected chi connectivity index (χ1v) is 6.70. The van der Waals surface area contributed by atoms with Gasteiger partial charge >= 0.3 is 0 Å². The van der Waals surface area contributed by atoms with Crippen molar-refractivity contribution in [1.29, 1.82) is 0 Å². The molecule has 0 aliphatic carbocycles. The molecule has 0 atom stereocenters. The first-order valence-electron chi connectivity index (χ1n) is 6.70. The summed E-state index contributed by atoms with van der Waals surface area (Å²) in [6, 6.07) is 8.80. The van der Waals surface area contributed by atoms with Crippen molar-refractivity contribution in [2.24, 2.45) is 0 Å². The Balaban J connectivity index is 2.33. The Hall–Kier alpha value is -2.43. The lowest BCUT2D eigenvalue weighted by molar-refractivity contribution is 0.619. The molecule has 0 aliphatic rings. The minimum absolute atomic E-state index is 0.111. The summed E-state index contributed by atoms with van der Waals surface area (Å²) in [6.07, 6.45) is 0. The second kappa shape index (κ2) is 4.84. The predicted molar refractivity (Wildman–Crippen MR) is 79.9 cm³/mol. The van der Waals surface area contributed by atoms with Gasteiger partial charge in [-0.3, -0.25) is 0 Å². The van der Waals surface area contributed by atoms with Gasteiger partial charge in [-0.25, -0.2) is 13.8 Å². The molecule has 3 aromatic rings. The van der Waals surface area contributed by atoms with Crippen LogP contribution in [0.25, 0.3) is 22.4 Å². The van der Waals surface area contributed by atoms with Gasteiger partial charge in [0.2, 0.25) is 0 Å². The number of rotatable bonds is 2. The quantitative estimate of drug-likeness (QED) is 0.720. The molecule has 108 valence electrons. The van der Waals surface area contributed by atoms with E-state index in [2.05, 4.69) is 4.98 Å². The van der Waals surface area contributed by atoms with Crippen LogP contribution in [0.4, 0.5) is 14.5 Å². The van der Waals surface area contributed by atoms with Gasteiger partial charge < -0.3 is 10.3 Å². The van der Waals surface area contributed by atoms with Crippen LogP contribution >= 0.6 is 0 Å². The standard InChI is InChI=1S/C16H15F2N3/c1-9(2)21-15-6-4-11(18)8-14(15)20-16(21)12-5-3-10(17)7-13(12)19/h3-9H,19H2,1-2H3. The summed E-state index contributed by atoms with van der Waals surface area (Å²) in [5.74, 6) is -0.118. The lowest BCUT2D eigenvalue weighted by Gasteiger charge is -2.14. The minimum atomic E-state index is -0.394. The number of nitrogen functional groups attached to an aromatic ring is 1. The van der Waals surface area contributed by atoms with Crippen molar-refractivity contribution in [2.75, 3.05) is 5.73 Å². The number of benzene rings is 2. The normalized spacial score (nSPS) is 11.5. The predicted octanol–water partition coefficient (Wildman–Crippen LogP) is 4.14. The lowest BCUT2D eigenvalue weighted by Crippen LogP contribution is -2.04. The molecule has 0 fully saturated rings. The van der Waals surface area contributed by atoms with E-state index < -0.39 is 5.82 Å². The second-order valence-electron chi connectivity index (χ2n) is 5.26. The Labute approximate surface area is 121 Å². The molecule has 0 amide bonds. The van der Waals surface area contributed by atoms with Crippen molar-refractivity contribution in [1.82, 2.24) is 9.55 Å². The number of imidazole rings is 1. The van der Waals surface area contributed by atoms with Crippen LogP contribution in [0.1, 0.15) is 19.9 Å². The van der Waals surface area contributed by atoms with E-state index in [-0.39, 0.29) is 11.9 Å². The smallest absolute Gasteiger partial charge is 0.143 e. The molecule has 3 nitrogen and oxygen atoms in total. The van der Waals surface area contributed by atoms with Crippen LogP contribution in [-0.4, -0.2) is 9.55 Å². The number of anilines is 1. The molecule has 0 saturated carbocycles. The zero-order valence-corrected chi connectivity index (χ0v) is 11.8. The zero-order valence-electron chi connectivity index (χ0n) is 11.8. The first kappa shape index (κ1) is 13.5. The number of hydrogen-bond donors (Lipinski definition) is 1. The number of halogens is 2. The summed E-state index contributed by atoms with van der Waals surface area (Å²) in [4.78, 5) is 4.48. The third-order valence-electron chi connectivity index (χ3n) is 3.42. The molecule has 21 heavy (non-hydrogen) atoms. The minimum Gasteiger partial charge on any atom is -0.398 e. The molecule has 1 heterocycles. The van der Waals surface area contributed by atoms with Gasteiger partial charge in [0.25, 0.3) is 0 Å². The molecule has 0 radical (unpaired) electrons. The maximum Gasteiger partial charge on any atom is 0.143 e. The lowest BCUT2D eigenvalue weighted by atomic mass is 10.1. The Kier molecular flexibility index (Phi) is 3.12. The van der Waals surface area contributed by atoms with Gasteiger partial charge in [-0.05, 0) is 44.2 Å². The Bertz CT molecular complexity index is 822. The van der Waals surface area contributed by atoms with Gasteiger partial charge in [0, 0.05) is 23.4 Å². The van der Waals surface area contributed by atoms with E-state index in [0.717, 1.165) is 5.52 Å². The Morgan fingerprint density at radius 3 is 2.38 bits per heavy atom. The SMILES string of the molecule is CC(C)n1c(-c2ccc(F)cc2N)nc2cc(F)ccc21. The fourth-order valence-corrected chi connectivity index (χ4v) is 2.52. The monoisotopic (exact) mass is 287 g/mol. The van der Waals surface area contributed by atoms with E-state index in [4.69, 9.17) is 5.73 Å². The fraction of sp³-hybridized carbons (Fsp3) is 0.188. The molecular weight excluding hydrogens is 272 g/mol. The number of fused-ring (bicyclic) bond motifs is 1. The molecule has 0 aliphatic heterocycles. The van der Waals surface area contributed by atoms with Crippen molar-refractivity contribution >= 4 is 16.7 Å². The average molecular weight is 287 g/mol. The third kappa shape index (κ3) is 2.24. The van der Waals surface area contributed by atoms with Crippen LogP contribution in [0.15, 0.2) is 36.4 Å². The Morgan fingerprint density at radius 1 is 1.05 bits per heavy atom. The summed E-state index contributed by atoms with van der Waals surface area (Å²) in [5.41, 5.74) is 8.24. The maximum atomic E-state index is 13.4. The molecule has 5 heteroatoms. The van der Waals surface area contributed by atoms with Gasteiger partial charge in [-0.1, -0.05) is 0 Å². The fourth-order valence-electron chi connectivity index (χ4n) is 2.52. The number of nitrogens with zero attached hydrogens (tertiary/aromatic N) is 2. The highest BCUT2D eigenvalue weighted by Crippen LogP contribution is 2.32. The molecule has 2 N–H and O–H groups in total. The molecular formula is C16H15F2N3. The molecule has 0 saturated heterocycles. The highest BCUT2D eigenvalue weighted by molar-refractivity contribution is 5.83. The molecule has 0 spiro atoms. The van der Waals surface area contributed by atoms with Crippen LogP contribution in [0.5, 0.6) is 0 Å². The topological polar surface area (TPSA) is 43.8 Å². The first-order chi connectivity index (χ1) is 9.97. The number of nitrogens with two attached hydrogens (primary N) is 1. The van der Waals surface area contributed by atoms with E-state index in [9.17, 15) is 8.78 Å². The van der Waals surface area contributed by atoms with Gasteiger partial charge in [-0.15, -0.1) is 0 Å². The van der Waals surface area contributed by atoms with Crippen molar-refractivity contribution in [3.05, 3.63) is 48.0 Å². The van der Waals surface area contributed by atoms with Crippen LogP contribution < -0.4 is 5.73 Å². The largest absolute Gasteiger partial charge is 0.398 e. The van der Waals surface area contributed by atoms with Crippen molar-refractivity contribution in [3.63, 3.8) is 0 Å². The highest BCUT2D eigenvalue weighted by Gasteiger charge is 2.17. The molecule has 1 aromatic heterocycles. The summed E-state index contributed by atoms with van der Waals surface area (Å²) in [5, 5.41) is 0. The van der Waals surface area contributed by atoms with Gasteiger partial charge in [-0.2, -0.15) is 0 Å². The van der Waals surface area contributed by atoms with Crippen LogP contribution in [-0.2, 0) is 0 Å². The van der Waals surface area contributed by atoms with E-state index >= 15 is 0 Å². The van der Waals surface area contributed by atoms with Crippen LogP contribution in [0, 0.1) is 11.6 Å². The van der Waals surface area contributed by atoms with Crippen LogP contribution in [0.2, 0.25) is 0 Å². The van der Waals surface area contributed by atoms with Crippen molar-refractivity contribution < 1.29 is 8.78 Å². The van der Waals surface area contributed by atoms with Crippen LogP contribution in [0.3, 0.4) is 0 Å². The average Bonchev–Trinajstić information content (AvgIpc) is 2.76. The maximum absolute atomic E-state index is 13.4. The van der Waals surface area contributed by atoms with E-state index in [1.807, 2.05) is 18.4 Å². The van der Waals surface area contributed by atoms with E-state index in [0.29, 0.717) is 22.6 Å². The summed E-state index contributed by atoms with van der Waals surface area (Å²) >= 11 is 0. The van der Waals surface area contributed by atoms with E-state index in [1.165, 1.54) is 24.3 Å². The van der Waals surface area contributed by atoms with Gasteiger partial charge in [0.1, 0.15) is 17.5 Å².